The van der Waals surface area contributed by atoms with E-state index in [0.717, 1.165) is 12.1 Å². The Morgan fingerprint density at radius 2 is 1.08 bits per heavy atom. The third-order valence-electron chi connectivity index (χ3n) is 3.80. The molecule has 0 atom stereocenters. The molecule has 0 spiro atoms. The molecule has 1 nitrogen and oxygen atoms in total. The van der Waals surface area contributed by atoms with Crippen LogP contribution in [0.15, 0.2) is 0 Å². The van der Waals surface area contributed by atoms with E-state index >= 15 is 0 Å². The van der Waals surface area contributed by atoms with Crippen LogP contribution < -0.4 is 0 Å². The second-order valence-corrected chi connectivity index (χ2v) is 4.54. The Kier molecular flexibility index (Phi) is 2.69. The lowest BCUT2D eigenvalue weighted by molar-refractivity contribution is 0.177. The SMILES string of the molecule is CN1C2CCCCC1CCCC2. The van der Waals surface area contributed by atoms with E-state index in [2.05, 4.69) is 11.9 Å². The number of nitrogens with zero attached hydrogens (tertiary/aromatic N) is 1. The van der Waals surface area contributed by atoms with Gasteiger partial charge in [-0.15, -0.1) is 0 Å². The molecular formula is C11H21N. The summed E-state index contributed by atoms with van der Waals surface area (Å²) in [5, 5.41) is 0. The van der Waals surface area contributed by atoms with E-state index in [1.807, 2.05) is 0 Å². The summed E-state index contributed by atoms with van der Waals surface area (Å²) in [6.07, 6.45) is 11.8. The summed E-state index contributed by atoms with van der Waals surface area (Å²) in [6.45, 7) is 0. The van der Waals surface area contributed by atoms with Crippen molar-refractivity contribution in [2.24, 2.45) is 0 Å². The molecule has 2 rings (SSSR count). The average Bonchev–Trinajstić information content (AvgIpc) is 2.37. The Morgan fingerprint density at radius 1 is 0.750 bits per heavy atom. The topological polar surface area (TPSA) is 3.24 Å². The normalized spacial score (nSPS) is 38.8. The lowest BCUT2D eigenvalue weighted by Crippen LogP contribution is -2.36. The molecule has 0 aliphatic carbocycles. The molecule has 70 valence electrons. The van der Waals surface area contributed by atoms with Crippen molar-refractivity contribution in [2.45, 2.75) is 63.5 Å². The predicted molar refractivity (Wildman–Crippen MR) is 52.3 cm³/mol. The van der Waals surface area contributed by atoms with Crippen LogP contribution in [-0.2, 0) is 0 Å². The van der Waals surface area contributed by atoms with E-state index < -0.39 is 0 Å². The smallest absolute Gasteiger partial charge is 0.00951 e. The molecule has 0 aromatic heterocycles. The van der Waals surface area contributed by atoms with Crippen LogP contribution in [0.2, 0.25) is 0 Å². The van der Waals surface area contributed by atoms with Crippen LogP contribution in [0.5, 0.6) is 0 Å². The van der Waals surface area contributed by atoms with Crippen LogP contribution in [0.3, 0.4) is 0 Å². The first-order chi connectivity index (χ1) is 5.88. The fourth-order valence-corrected chi connectivity index (χ4v) is 2.92. The van der Waals surface area contributed by atoms with Gasteiger partial charge < -0.3 is 4.90 Å². The molecule has 0 amide bonds. The molecule has 12 heavy (non-hydrogen) atoms. The summed E-state index contributed by atoms with van der Waals surface area (Å²) < 4.78 is 0. The maximum atomic E-state index is 2.68. The van der Waals surface area contributed by atoms with Crippen molar-refractivity contribution in [3.63, 3.8) is 0 Å². The number of hydrogen-bond acceptors (Lipinski definition) is 1. The van der Waals surface area contributed by atoms with Gasteiger partial charge in [-0.25, -0.2) is 0 Å². The molecule has 0 unspecified atom stereocenters. The van der Waals surface area contributed by atoms with Crippen molar-refractivity contribution >= 4 is 0 Å². The van der Waals surface area contributed by atoms with E-state index in [4.69, 9.17) is 0 Å². The fourth-order valence-electron chi connectivity index (χ4n) is 2.92. The number of fused-ring (bicyclic) bond motifs is 2. The van der Waals surface area contributed by atoms with Crippen LogP contribution in [0, 0.1) is 0 Å². The quantitative estimate of drug-likeness (QED) is 0.536. The molecular weight excluding hydrogens is 146 g/mol. The third kappa shape index (κ3) is 1.66. The summed E-state index contributed by atoms with van der Waals surface area (Å²) in [5.41, 5.74) is 0. The van der Waals surface area contributed by atoms with Gasteiger partial charge in [-0.1, -0.05) is 25.7 Å². The van der Waals surface area contributed by atoms with Crippen molar-refractivity contribution in [1.29, 1.82) is 0 Å². The van der Waals surface area contributed by atoms with Gasteiger partial charge in [0.25, 0.3) is 0 Å². The van der Waals surface area contributed by atoms with Crippen LogP contribution >= 0.6 is 0 Å². The molecule has 0 saturated carbocycles. The highest BCUT2D eigenvalue weighted by Crippen LogP contribution is 2.29. The minimum Gasteiger partial charge on any atom is -0.300 e. The van der Waals surface area contributed by atoms with Crippen molar-refractivity contribution in [3.05, 3.63) is 0 Å². The summed E-state index contributed by atoms with van der Waals surface area (Å²) in [6, 6.07) is 1.86. The molecule has 0 radical (unpaired) electrons. The Labute approximate surface area is 76.1 Å². The standard InChI is InChI=1S/C11H21N/c1-12-10-6-2-3-7-11(12)9-5-4-8-10/h10-11H,2-9H2,1H3. The molecule has 2 bridgehead atoms. The Bertz CT molecular complexity index is 116. The zero-order chi connectivity index (χ0) is 8.39. The van der Waals surface area contributed by atoms with Gasteiger partial charge in [0.15, 0.2) is 0 Å². The first-order valence-electron chi connectivity index (χ1n) is 5.60. The Hall–Kier alpha value is -0.0400. The highest BCUT2D eigenvalue weighted by atomic mass is 15.2. The van der Waals surface area contributed by atoms with Gasteiger partial charge in [0.05, 0.1) is 0 Å². The lowest BCUT2D eigenvalue weighted by Gasteiger charge is -2.30. The van der Waals surface area contributed by atoms with Crippen molar-refractivity contribution in [3.8, 4) is 0 Å². The molecule has 2 heterocycles. The van der Waals surface area contributed by atoms with E-state index in [-0.39, 0.29) is 0 Å². The summed E-state index contributed by atoms with van der Waals surface area (Å²) in [4.78, 5) is 2.68. The minimum atomic E-state index is 0.931. The van der Waals surface area contributed by atoms with Gasteiger partial charge in [0.2, 0.25) is 0 Å². The van der Waals surface area contributed by atoms with E-state index in [9.17, 15) is 0 Å². The van der Waals surface area contributed by atoms with Gasteiger partial charge in [0, 0.05) is 12.1 Å². The van der Waals surface area contributed by atoms with Gasteiger partial charge in [-0.3, -0.25) is 0 Å². The van der Waals surface area contributed by atoms with Crippen LogP contribution in [0.4, 0.5) is 0 Å². The number of hydrogen-bond donors (Lipinski definition) is 0. The summed E-state index contributed by atoms with van der Waals surface area (Å²) in [7, 11) is 2.35. The third-order valence-corrected chi connectivity index (χ3v) is 3.80. The van der Waals surface area contributed by atoms with E-state index in [1.54, 1.807) is 0 Å². The minimum absolute atomic E-state index is 0.931. The second-order valence-electron chi connectivity index (χ2n) is 4.54. The van der Waals surface area contributed by atoms with Gasteiger partial charge in [0.1, 0.15) is 0 Å². The molecule has 0 aromatic carbocycles. The molecule has 2 saturated heterocycles. The van der Waals surface area contributed by atoms with E-state index in [0.29, 0.717) is 0 Å². The molecule has 1 heteroatoms. The average molecular weight is 167 g/mol. The van der Waals surface area contributed by atoms with Crippen LogP contribution in [-0.4, -0.2) is 24.0 Å². The zero-order valence-corrected chi connectivity index (χ0v) is 8.26. The highest BCUT2D eigenvalue weighted by Gasteiger charge is 2.27. The van der Waals surface area contributed by atoms with Crippen LogP contribution in [0.1, 0.15) is 51.4 Å². The van der Waals surface area contributed by atoms with Crippen LogP contribution in [0.25, 0.3) is 0 Å². The Balaban J connectivity index is 2.07. The Morgan fingerprint density at radius 3 is 1.42 bits per heavy atom. The lowest BCUT2D eigenvalue weighted by atomic mass is 10.0. The monoisotopic (exact) mass is 167 g/mol. The molecule has 2 aliphatic rings. The summed E-state index contributed by atoms with van der Waals surface area (Å²) in [5.74, 6) is 0. The maximum absolute atomic E-state index is 2.68. The van der Waals surface area contributed by atoms with Crippen molar-refractivity contribution in [2.75, 3.05) is 7.05 Å². The van der Waals surface area contributed by atoms with Crippen molar-refractivity contribution in [1.82, 2.24) is 4.90 Å². The molecule has 2 aliphatic heterocycles. The fraction of sp³-hybridized carbons (Fsp3) is 1.00. The van der Waals surface area contributed by atoms with Gasteiger partial charge >= 0.3 is 0 Å². The first kappa shape index (κ1) is 8.55. The number of rotatable bonds is 0. The highest BCUT2D eigenvalue weighted by molar-refractivity contribution is 4.83. The molecule has 0 aromatic rings. The van der Waals surface area contributed by atoms with Gasteiger partial charge in [-0.05, 0) is 32.7 Å². The van der Waals surface area contributed by atoms with Gasteiger partial charge in [-0.2, -0.15) is 0 Å². The molecule has 2 fully saturated rings. The first-order valence-corrected chi connectivity index (χ1v) is 5.60. The van der Waals surface area contributed by atoms with Crippen molar-refractivity contribution < 1.29 is 0 Å². The maximum Gasteiger partial charge on any atom is 0.00951 e. The van der Waals surface area contributed by atoms with E-state index in [1.165, 1.54) is 51.4 Å². The predicted octanol–water partition coefficient (Wildman–Crippen LogP) is 2.80. The largest absolute Gasteiger partial charge is 0.300 e. The molecule has 0 N–H and O–H groups in total. The summed E-state index contributed by atoms with van der Waals surface area (Å²) >= 11 is 0. The zero-order valence-electron chi connectivity index (χ0n) is 8.26. The second kappa shape index (κ2) is 3.78.